The Morgan fingerprint density at radius 3 is 3.00 bits per heavy atom. The van der Waals surface area contributed by atoms with Gasteiger partial charge in [0.15, 0.2) is 5.13 Å². The van der Waals surface area contributed by atoms with Crippen molar-refractivity contribution in [1.29, 1.82) is 0 Å². The zero-order valence-electron chi connectivity index (χ0n) is 9.76. The summed E-state index contributed by atoms with van der Waals surface area (Å²) in [5, 5.41) is 14.3. The van der Waals surface area contributed by atoms with Crippen LogP contribution in [0.15, 0.2) is 6.20 Å². The molecule has 0 aromatic carbocycles. The van der Waals surface area contributed by atoms with E-state index in [0.717, 1.165) is 37.0 Å². The van der Waals surface area contributed by atoms with Gasteiger partial charge in [-0.25, -0.2) is 4.98 Å². The van der Waals surface area contributed by atoms with Gasteiger partial charge < -0.3 is 5.32 Å². The summed E-state index contributed by atoms with van der Waals surface area (Å²) in [7, 11) is 0. The standard InChI is InChI=1S/C10H16N4O2S/c1-2-13(8-3-4-8)6-5-11-10-12-7-9(17-10)14(15)16/h7-8H,2-6H2,1H3,(H,11,12). The minimum absolute atomic E-state index is 0.0852. The Hall–Kier alpha value is -1.21. The molecule has 0 aliphatic heterocycles. The number of nitrogens with one attached hydrogen (secondary N) is 1. The first-order valence-electron chi connectivity index (χ1n) is 5.79. The molecule has 1 N–H and O–H groups in total. The van der Waals surface area contributed by atoms with E-state index in [1.807, 2.05) is 0 Å². The van der Waals surface area contributed by atoms with Crippen LogP contribution in [0.25, 0.3) is 0 Å². The molecule has 1 aliphatic rings. The maximum Gasteiger partial charge on any atom is 0.345 e. The van der Waals surface area contributed by atoms with E-state index in [4.69, 9.17) is 0 Å². The third-order valence-electron chi connectivity index (χ3n) is 2.82. The summed E-state index contributed by atoms with van der Waals surface area (Å²) >= 11 is 1.08. The summed E-state index contributed by atoms with van der Waals surface area (Å²) in [5.74, 6) is 0. The minimum atomic E-state index is -0.411. The molecule has 0 atom stereocenters. The molecule has 1 heterocycles. The number of hydrogen-bond donors (Lipinski definition) is 1. The quantitative estimate of drug-likeness (QED) is 0.596. The molecule has 0 amide bonds. The Morgan fingerprint density at radius 1 is 1.71 bits per heavy atom. The van der Waals surface area contributed by atoms with Crippen LogP contribution in [0.1, 0.15) is 19.8 Å². The number of thiazole rings is 1. The first-order valence-corrected chi connectivity index (χ1v) is 6.60. The van der Waals surface area contributed by atoms with Crippen molar-refractivity contribution >= 4 is 21.5 Å². The second-order valence-electron chi connectivity index (χ2n) is 4.05. The van der Waals surface area contributed by atoms with Crippen LogP contribution in [0.3, 0.4) is 0 Å². The number of anilines is 1. The van der Waals surface area contributed by atoms with E-state index in [0.29, 0.717) is 5.13 Å². The summed E-state index contributed by atoms with van der Waals surface area (Å²) in [4.78, 5) is 16.5. The van der Waals surface area contributed by atoms with Crippen LogP contribution in [0, 0.1) is 10.1 Å². The third-order valence-corrected chi connectivity index (χ3v) is 3.72. The van der Waals surface area contributed by atoms with E-state index in [2.05, 4.69) is 22.1 Å². The van der Waals surface area contributed by atoms with Crippen molar-refractivity contribution in [2.24, 2.45) is 0 Å². The van der Waals surface area contributed by atoms with Crippen molar-refractivity contribution < 1.29 is 4.92 Å². The van der Waals surface area contributed by atoms with E-state index < -0.39 is 4.92 Å². The molecular formula is C10H16N4O2S. The molecule has 0 unspecified atom stereocenters. The molecule has 1 aromatic rings. The van der Waals surface area contributed by atoms with Crippen molar-refractivity contribution in [3.63, 3.8) is 0 Å². The van der Waals surface area contributed by atoms with Gasteiger partial charge in [-0.15, -0.1) is 0 Å². The molecule has 0 radical (unpaired) electrons. The zero-order chi connectivity index (χ0) is 12.3. The van der Waals surface area contributed by atoms with Gasteiger partial charge in [-0.1, -0.05) is 6.92 Å². The van der Waals surface area contributed by atoms with Crippen LogP contribution >= 0.6 is 11.3 Å². The summed E-state index contributed by atoms with van der Waals surface area (Å²) < 4.78 is 0. The van der Waals surface area contributed by atoms with E-state index in [-0.39, 0.29) is 5.00 Å². The lowest BCUT2D eigenvalue weighted by atomic mass is 10.4. The van der Waals surface area contributed by atoms with Gasteiger partial charge in [0.1, 0.15) is 6.20 Å². The van der Waals surface area contributed by atoms with Crippen LogP contribution in [-0.2, 0) is 0 Å². The molecule has 1 aliphatic carbocycles. The van der Waals surface area contributed by atoms with Gasteiger partial charge >= 0.3 is 5.00 Å². The lowest BCUT2D eigenvalue weighted by molar-refractivity contribution is -0.380. The van der Waals surface area contributed by atoms with Gasteiger partial charge in [0, 0.05) is 19.1 Å². The Balaban J connectivity index is 1.75. The summed E-state index contributed by atoms with van der Waals surface area (Å²) in [6.45, 7) is 4.97. The summed E-state index contributed by atoms with van der Waals surface area (Å²) in [6.07, 6.45) is 3.90. The van der Waals surface area contributed by atoms with Gasteiger partial charge in [-0.3, -0.25) is 15.0 Å². The van der Waals surface area contributed by atoms with Crippen molar-refractivity contribution in [2.45, 2.75) is 25.8 Å². The number of nitrogens with zero attached hydrogens (tertiary/aromatic N) is 3. The molecule has 94 valence electrons. The Morgan fingerprint density at radius 2 is 2.47 bits per heavy atom. The fraction of sp³-hybridized carbons (Fsp3) is 0.700. The van der Waals surface area contributed by atoms with Crippen LogP contribution in [0.5, 0.6) is 0 Å². The summed E-state index contributed by atoms with van der Waals surface area (Å²) in [6, 6.07) is 0.757. The molecule has 6 nitrogen and oxygen atoms in total. The van der Waals surface area contributed by atoms with E-state index in [1.54, 1.807) is 0 Å². The van der Waals surface area contributed by atoms with Gasteiger partial charge in [0.05, 0.1) is 4.92 Å². The van der Waals surface area contributed by atoms with Crippen LogP contribution < -0.4 is 5.32 Å². The van der Waals surface area contributed by atoms with Crippen molar-refractivity contribution in [1.82, 2.24) is 9.88 Å². The molecule has 17 heavy (non-hydrogen) atoms. The SMILES string of the molecule is CCN(CCNc1ncc([N+](=O)[O-])s1)C1CC1. The maximum absolute atomic E-state index is 10.5. The van der Waals surface area contributed by atoms with Crippen LogP contribution in [0.2, 0.25) is 0 Å². The highest BCUT2D eigenvalue weighted by atomic mass is 32.1. The molecule has 0 bridgehead atoms. The molecule has 0 saturated heterocycles. The predicted molar refractivity (Wildman–Crippen MR) is 67.5 cm³/mol. The second-order valence-corrected chi connectivity index (χ2v) is 5.06. The number of nitro groups is 1. The van der Waals surface area contributed by atoms with Gasteiger partial charge in [0.2, 0.25) is 0 Å². The number of aromatic nitrogens is 1. The first-order chi connectivity index (χ1) is 8.20. The van der Waals surface area contributed by atoms with Crippen molar-refractivity contribution in [3.05, 3.63) is 16.3 Å². The Bertz CT molecular complexity index is 391. The fourth-order valence-corrected chi connectivity index (χ4v) is 2.43. The molecule has 1 aromatic heterocycles. The Labute approximate surface area is 104 Å². The number of rotatable bonds is 7. The van der Waals surface area contributed by atoms with Crippen LogP contribution in [0.4, 0.5) is 10.1 Å². The highest BCUT2D eigenvalue weighted by molar-refractivity contribution is 7.18. The average molecular weight is 256 g/mol. The average Bonchev–Trinajstić information content (AvgIpc) is 3.03. The molecule has 1 saturated carbocycles. The minimum Gasteiger partial charge on any atom is -0.360 e. The van der Waals surface area contributed by atoms with Gasteiger partial charge in [-0.05, 0) is 30.7 Å². The highest BCUT2D eigenvalue weighted by Gasteiger charge is 2.27. The lowest BCUT2D eigenvalue weighted by Crippen LogP contribution is -2.30. The molecule has 2 rings (SSSR count). The van der Waals surface area contributed by atoms with Crippen molar-refractivity contribution in [2.75, 3.05) is 25.0 Å². The number of likely N-dealkylation sites (N-methyl/N-ethyl adjacent to an activating group) is 1. The first kappa shape index (κ1) is 12.3. The zero-order valence-corrected chi connectivity index (χ0v) is 10.6. The molecule has 1 fully saturated rings. The monoisotopic (exact) mass is 256 g/mol. The predicted octanol–water partition coefficient (Wildman–Crippen LogP) is 1.95. The van der Waals surface area contributed by atoms with Gasteiger partial charge in [-0.2, -0.15) is 0 Å². The van der Waals surface area contributed by atoms with E-state index >= 15 is 0 Å². The highest BCUT2D eigenvalue weighted by Crippen LogP contribution is 2.27. The third kappa shape index (κ3) is 3.37. The lowest BCUT2D eigenvalue weighted by Gasteiger charge is -2.19. The topological polar surface area (TPSA) is 71.3 Å². The smallest absolute Gasteiger partial charge is 0.345 e. The van der Waals surface area contributed by atoms with Crippen LogP contribution in [-0.4, -0.2) is 40.5 Å². The van der Waals surface area contributed by atoms with E-state index in [1.165, 1.54) is 19.0 Å². The largest absolute Gasteiger partial charge is 0.360 e. The second kappa shape index (κ2) is 5.42. The summed E-state index contributed by atoms with van der Waals surface area (Å²) in [5.41, 5.74) is 0. The molecule has 0 spiro atoms. The van der Waals surface area contributed by atoms with Gasteiger partial charge in [0.25, 0.3) is 0 Å². The fourth-order valence-electron chi connectivity index (χ4n) is 1.78. The maximum atomic E-state index is 10.5. The molecule has 7 heteroatoms. The number of hydrogen-bond acceptors (Lipinski definition) is 6. The molecular weight excluding hydrogens is 240 g/mol. The van der Waals surface area contributed by atoms with Crippen molar-refractivity contribution in [3.8, 4) is 0 Å². The Kier molecular flexibility index (Phi) is 3.90. The normalized spacial score (nSPS) is 15.2. The van der Waals surface area contributed by atoms with E-state index in [9.17, 15) is 10.1 Å².